The first-order chi connectivity index (χ1) is 8.38. The van der Waals surface area contributed by atoms with Gasteiger partial charge in [-0.3, -0.25) is 0 Å². The Hall–Kier alpha value is -1.76. The Balaban J connectivity index is 1.99. The second kappa shape index (κ2) is 4.25. The second-order valence-electron chi connectivity index (χ2n) is 4.58. The fourth-order valence-corrected chi connectivity index (χ4v) is 2.36. The quantitative estimate of drug-likeness (QED) is 0.616. The van der Waals surface area contributed by atoms with Crippen LogP contribution in [0.4, 0.5) is 11.4 Å². The van der Waals surface area contributed by atoms with Crippen LogP contribution in [-0.2, 0) is 6.42 Å². The summed E-state index contributed by atoms with van der Waals surface area (Å²) in [5.74, 6) is 0. The average molecular weight is 222 g/mol. The molecule has 0 aromatic heterocycles. The fourth-order valence-electron chi connectivity index (χ4n) is 2.36. The van der Waals surface area contributed by atoms with Crippen molar-refractivity contribution in [3.8, 4) is 11.1 Å². The van der Waals surface area contributed by atoms with E-state index in [4.69, 9.17) is 0 Å². The summed E-state index contributed by atoms with van der Waals surface area (Å²) in [7, 11) is 0. The first kappa shape index (κ1) is 10.4. The second-order valence-corrected chi connectivity index (χ2v) is 4.58. The maximum Gasteiger partial charge on any atom is 0.0716 e. The highest BCUT2D eigenvalue weighted by atomic mass is 14.9. The van der Waals surface area contributed by atoms with Gasteiger partial charge in [-0.1, -0.05) is 37.6 Å². The van der Waals surface area contributed by atoms with Gasteiger partial charge in [0.15, 0.2) is 0 Å². The molecule has 1 radical (unpaired) electrons. The molecule has 1 aliphatic heterocycles. The van der Waals surface area contributed by atoms with Crippen molar-refractivity contribution in [3.63, 3.8) is 0 Å². The molecular weight excluding hydrogens is 206 g/mol. The van der Waals surface area contributed by atoms with E-state index in [1.807, 2.05) is 6.07 Å². The molecule has 0 saturated carbocycles. The molecule has 0 saturated heterocycles. The number of unbranched alkanes of at least 4 members (excludes halogenated alkanes) is 1. The van der Waals surface area contributed by atoms with Crippen LogP contribution in [0.2, 0.25) is 0 Å². The predicted octanol–water partition coefficient (Wildman–Crippen LogP) is 4.58. The van der Waals surface area contributed by atoms with Crippen molar-refractivity contribution in [3.05, 3.63) is 48.0 Å². The monoisotopic (exact) mass is 222 g/mol. The highest BCUT2D eigenvalue weighted by Gasteiger charge is 2.18. The summed E-state index contributed by atoms with van der Waals surface area (Å²) >= 11 is 0. The maximum atomic E-state index is 4.64. The van der Waals surface area contributed by atoms with Gasteiger partial charge in [-0.15, -0.1) is 0 Å². The third kappa shape index (κ3) is 1.82. The van der Waals surface area contributed by atoms with Gasteiger partial charge in [0.05, 0.1) is 11.4 Å². The van der Waals surface area contributed by atoms with E-state index in [2.05, 4.69) is 48.6 Å². The van der Waals surface area contributed by atoms with Crippen LogP contribution in [0.3, 0.4) is 0 Å². The molecule has 1 heteroatoms. The van der Waals surface area contributed by atoms with E-state index in [9.17, 15) is 0 Å². The molecule has 1 aliphatic rings. The van der Waals surface area contributed by atoms with Gasteiger partial charge in [0.2, 0.25) is 0 Å². The third-order valence-corrected chi connectivity index (χ3v) is 3.32. The standard InChI is InChI=1S/C16H16N/c1-2-3-6-12-9-10-16-14(11-12)13-7-4-5-8-15(13)17-16/h4-5,7-11H,2-3,6H2,1H3. The van der Waals surface area contributed by atoms with Crippen molar-refractivity contribution >= 4 is 11.4 Å². The number of aryl methyl sites for hydroxylation is 1. The summed E-state index contributed by atoms with van der Waals surface area (Å²) in [5, 5.41) is 4.64. The number of fused-ring (bicyclic) bond motifs is 3. The highest BCUT2D eigenvalue weighted by molar-refractivity contribution is 5.90. The Bertz CT molecular complexity index is 543. The molecule has 1 heterocycles. The SMILES string of the molecule is CCCCc1ccc2c(c1)-c1ccccc1[N]2. The Morgan fingerprint density at radius 3 is 2.65 bits per heavy atom. The smallest absolute Gasteiger partial charge is 0.0716 e. The fraction of sp³-hybridized carbons (Fsp3) is 0.250. The minimum Gasteiger partial charge on any atom is -0.248 e. The van der Waals surface area contributed by atoms with Crippen LogP contribution in [0.15, 0.2) is 42.5 Å². The molecule has 0 atom stereocenters. The Morgan fingerprint density at radius 2 is 1.76 bits per heavy atom. The van der Waals surface area contributed by atoms with E-state index in [1.54, 1.807) is 0 Å². The first-order valence-corrected chi connectivity index (χ1v) is 6.32. The van der Waals surface area contributed by atoms with E-state index >= 15 is 0 Å². The summed E-state index contributed by atoms with van der Waals surface area (Å²) in [5.41, 5.74) is 6.23. The van der Waals surface area contributed by atoms with Crippen molar-refractivity contribution in [2.24, 2.45) is 0 Å². The van der Waals surface area contributed by atoms with E-state index in [-0.39, 0.29) is 0 Å². The average Bonchev–Trinajstić information content (AvgIpc) is 2.74. The summed E-state index contributed by atoms with van der Waals surface area (Å²) in [6.45, 7) is 2.23. The molecule has 1 nitrogen and oxygen atoms in total. The number of rotatable bonds is 3. The molecule has 0 amide bonds. The number of hydrogen-bond acceptors (Lipinski definition) is 0. The lowest BCUT2D eigenvalue weighted by Crippen LogP contribution is -1.86. The predicted molar refractivity (Wildman–Crippen MR) is 71.9 cm³/mol. The lowest BCUT2D eigenvalue weighted by Gasteiger charge is -2.03. The van der Waals surface area contributed by atoms with Crippen LogP contribution in [0.25, 0.3) is 11.1 Å². The molecule has 0 bridgehead atoms. The molecule has 0 aliphatic carbocycles. The molecule has 0 unspecified atom stereocenters. The van der Waals surface area contributed by atoms with Gasteiger partial charge in [-0.05, 0) is 36.6 Å². The third-order valence-electron chi connectivity index (χ3n) is 3.32. The first-order valence-electron chi connectivity index (χ1n) is 6.32. The normalized spacial score (nSPS) is 11.8. The van der Waals surface area contributed by atoms with E-state index < -0.39 is 0 Å². The lowest BCUT2D eigenvalue weighted by molar-refractivity contribution is 0.795. The van der Waals surface area contributed by atoms with Gasteiger partial charge in [0.25, 0.3) is 0 Å². The zero-order valence-electron chi connectivity index (χ0n) is 10.1. The Labute approximate surface area is 102 Å². The van der Waals surface area contributed by atoms with E-state index in [1.165, 1.54) is 36.0 Å². The van der Waals surface area contributed by atoms with Crippen LogP contribution in [-0.4, -0.2) is 0 Å². The van der Waals surface area contributed by atoms with Crippen LogP contribution >= 0.6 is 0 Å². The largest absolute Gasteiger partial charge is 0.248 e. The number of para-hydroxylation sites is 1. The Morgan fingerprint density at radius 1 is 0.941 bits per heavy atom. The van der Waals surface area contributed by atoms with Crippen LogP contribution in [0.1, 0.15) is 25.3 Å². The summed E-state index contributed by atoms with van der Waals surface area (Å²) < 4.78 is 0. The molecule has 0 spiro atoms. The van der Waals surface area contributed by atoms with Crippen molar-refractivity contribution in [2.45, 2.75) is 26.2 Å². The summed E-state index contributed by atoms with van der Waals surface area (Å²) in [6, 6.07) is 15.0. The van der Waals surface area contributed by atoms with Crippen LogP contribution in [0, 0.1) is 0 Å². The van der Waals surface area contributed by atoms with Gasteiger partial charge in [0.1, 0.15) is 0 Å². The highest BCUT2D eigenvalue weighted by Crippen LogP contribution is 2.42. The minimum atomic E-state index is 1.11. The summed E-state index contributed by atoms with van der Waals surface area (Å²) in [4.78, 5) is 0. The number of nitrogens with zero attached hydrogens (tertiary/aromatic N) is 1. The van der Waals surface area contributed by atoms with E-state index in [0.29, 0.717) is 0 Å². The molecule has 0 fully saturated rings. The van der Waals surface area contributed by atoms with Gasteiger partial charge < -0.3 is 0 Å². The molecular formula is C16H16N. The van der Waals surface area contributed by atoms with Crippen LogP contribution < -0.4 is 5.32 Å². The molecule has 85 valence electrons. The Kier molecular flexibility index (Phi) is 2.60. The lowest BCUT2D eigenvalue weighted by atomic mass is 10.0. The van der Waals surface area contributed by atoms with E-state index in [0.717, 1.165) is 11.4 Å². The zero-order chi connectivity index (χ0) is 11.7. The minimum absolute atomic E-state index is 1.11. The molecule has 2 aromatic carbocycles. The van der Waals surface area contributed by atoms with Crippen molar-refractivity contribution < 1.29 is 0 Å². The van der Waals surface area contributed by atoms with Crippen molar-refractivity contribution in [1.29, 1.82) is 0 Å². The van der Waals surface area contributed by atoms with Crippen LogP contribution in [0.5, 0.6) is 0 Å². The van der Waals surface area contributed by atoms with Crippen molar-refractivity contribution in [1.82, 2.24) is 5.32 Å². The van der Waals surface area contributed by atoms with Gasteiger partial charge in [-0.25, -0.2) is 5.32 Å². The molecule has 0 N–H and O–H groups in total. The van der Waals surface area contributed by atoms with Gasteiger partial charge >= 0.3 is 0 Å². The molecule has 17 heavy (non-hydrogen) atoms. The van der Waals surface area contributed by atoms with Crippen molar-refractivity contribution in [2.75, 3.05) is 0 Å². The zero-order valence-corrected chi connectivity index (χ0v) is 10.1. The van der Waals surface area contributed by atoms with Gasteiger partial charge in [-0.2, -0.15) is 0 Å². The number of benzene rings is 2. The molecule has 3 rings (SSSR count). The molecule has 2 aromatic rings. The number of hydrogen-bond donors (Lipinski definition) is 0. The maximum absolute atomic E-state index is 4.64. The summed E-state index contributed by atoms with van der Waals surface area (Å²) in [6.07, 6.45) is 3.68. The topological polar surface area (TPSA) is 14.1 Å². The van der Waals surface area contributed by atoms with Gasteiger partial charge in [0, 0.05) is 11.1 Å².